The lowest BCUT2D eigenvalue weighted by molar-refractivity contribution is 0.384. The minimum Gasteiger partial charge on any atom is -0.496 e. The number of nitrogens with one attached hydrogen (secondary N) is 1. The second-order valence-corrected chi connectivity index (χ2v) is 5.27. The molecular formula is C15H18FN3O2. The fourth-order valence-electron chi connectivity index (χ4n) is 2.29. The van der Waals surface area contributed by atoms with Crippen molar-refractivity contribution in [3.8, 4) is 5.75 Å². The molecule has 0 saturated heterocycles. The number of halogens is 1. The van der Waals surface area contributed by atoms with Crippen LogP contribution in [0.3, 0.4) is 0 Å². The van der Waals surface area contributed by atoms with Crippen LogP contribution in [-0.2, 0) is 6.54 Å². The molecule has 5 nitrogen and oxygen atoms in total. The van der Waals surface area contributed by atoms with E-state index in [1.54, 1.807) is 12.1 Å². The van der Waals surface area contributed by atoms with Crippen LogP contribution in [-0.4, -0.2) is 17.3 Å². The van der Waals surface area contributed by atoms with Crippen LogP contribution in [0.15, 0.2) is 22.6 Å². The first-order valence-corrected chi connectivity index (χ1v) is 7.07. The minimum atomic E-state index is -0.293. The van der Waals surface area contributed by atoms with Crippen LogP contribution in [0, 0.1) is 5.82 Å². The number of hydrogen-bond acceptors (Lipinski definition) is 5. The van der Waals surface area contributed by atoms with Crippen molar-refractivity contribution in [2.45, 2.75) is 38.3 Å². The van der Waals surface area contributed by atoms with Gasteiger partial charge >= 0.3 is 0 Å². The van der Waals surface area contributed by atoms with E-state index in [0.29, 0.717) is 35.6 Å². The van der Waals surface area contributed by atoms with Crippen molar-refractivity contribution in [3.05, 3.63) is 41.4 Å². The van der Waals surface area contributed by atoms with Gasteiger partial charge in [0.2, 0.25) is 11.8 Å². The molecule has 1 heterocycles. The Bertz CT molecular complexity index is 625. The Balaban J connectivity index is 1.66. The number of hydrogen-bond donors (Lipinski definition) is 1. The number of aromatic nitrogens is 2. The van der Waals surface area contributed by atoms with Crippen LogP contribution in [0.4, 0.5) is 4.39 Å². The molecule has 1 atom stereocenters. The Labute approximate surface area is 122 Å². The van der Waals surface area contributed by atoms with E-state index >= 15 is 0 Å². The molecule has 21 heavy (non-hydrogen) atoms. The van der Waals surface area contributed by atoms with Crippen LogP contribution in [0.25, 0.3) is 0 Å². The number of nitrogens with zero attached hydrogens (tertiary/aromatic N) is 2. The zero-order valence-electron chi connectivity index (χ0n) is 12.1. The van der Waals surface area contributed by atoms with Gasteiger partial charge in [0.25, 0.3) is 0 Å². The fourth-order valence-corrected chi connectivity index (χ4v) is 2.29. The highest BCUT2D eigenvalue weighted by Gasteiger charge is 2.29. The summed E-state index contributed by atoms with van der Waals surface area (Å²) in [6.07, 6.45) is 2.25. The van der Waals surface area contributed by atoms with Gasteiger partial charge in [0.05, 0.1) is 13.7 Å². The highest BCUT2D eigenvalue weighted by molar-refractivity contribution is 5.36. The average Bonchev–Trinajstić information content (AvgIpc) is 3.23. The van der Waals surface area contributed by atoms with Gasteiger partial charge in [-0.25, -0.2) is 4.39 Å². The van der Waals surface area contributed by atoms with Gasteiger partial charge in [-0.15, -0.1) is 10.2 Å². The largest absolute Gasteiger partial charge is 0.496 e. The molecule has 0 unspecified atom stereocenters. The summed E-state index contributed by atoms with van der Waals surface area (Å²) in [5.74, 6) is 1.91. The lowest BCUT2D eigenvalue weighted by Gasteiger charge is -2.17. The highest BCUT2D eigenvalue weighted by Crippen LogP contribution is 2.39. The monoisotopic (exact) mass is 291 g/mol. The predicted octanol–water partition coefficient (Wildman–Crippen LogP) is 2.95. The first-order valence-electron chi connectivity index (χ1n) is 7.07. The predicted molar refractivity (Wildman–Crippen MR) is 74.5 cm³/mol. The van der Waals surface area contributed by atoms with E-state index in [9.17, 15) is 4.39 Å². The van der Waals surface area contributed by atoms with Gasteiger partial charge < -0.3 is 14.5 Å². The summed E-state index contributed by atoms with van der Waals surface area (Å²) in [4.78, 5) is 0. The van der Waals surface area contributed by atoms with Gasteiger partial charge in [-0.2, -0.15) is 0 Å². The molecule has 1 aliphatic carbocycles. The van der Waals surface area contributed by atoms with Crippen molar-refractivity contribution in [1.29, 1.82) is 0 Å². The molecule has 0 bridgehead atoms. The van der Waals surface area contributed by atoms with Crippen molar-refractivity contribution >= 4 is 0 Å². The van der Waals surface area contributed by atoms with E-state index in [0.717, 1.165) is 12.8 Å². The van der Waals surface area contributed by atoms with Gasteiger partial charge in [0, 0.05) is 17.5 Å². The molecule has 1 aromatic heterocycles. The van der Waals surface area contributed by atoms with Crippen molar-refractivity contribution in [1.82, 2.24) is 15.5 Å². The third-order valence-corrected chi connectivity index (χ3v) is 3.63. The molecule has 0 amide bonds. The van der Waals surface area contributed by atoms with Crippen molar-refractivity contribution in [2.24, 2.45) is 0 Å². The normalized spacial score (nSPS) is 16.0. The summed E-state index contributed by atoms with van der Waals surface area (Å²) in [6, 6.07) is 4.57. The maximum Gasteiger partial charge on any atom is 0.230 e. The summed E-state index contributed by atoms with van der Waals surface area (Å²) in [5, 5.41) is 11.2. The molecule has 0 spiro atoms. The van der Waals surface area contributed by atoms with Gasteiger partial charge in [-0.3, -0.25) is 0 Å². The quantitative estimate of drug-likeness (QED) is 0.886. The number of benzene rings is 1. The van der Waals surface area contributed by atoms with Gasteiger partial charge in [0.1, 0.15) is 11.6 Å². The molecule has 1 fully saturated rings. The van der Waals surface area contributed by atoms with E-state index in [2.05, 4.69) is 15.5 Å². The summed E-state index contributed by atoms with van der Waals surface area (Å²) in [7, 11) is 1.53. The zero-order valence-corrected chi connectivity index (χ0v) is 12.1. The van der Waals surface area contributed by atoms with E-state index in [4.69, 9.17) is 9.15 Å². The third kappa shape index (κ3) is 3.05. The first-order chi connectivity index (χ1) is 10.2. The molecule has 1 saturated carbocycles. The molecule has 1 aromatic carbocycles. The Kier molecular flexibility index (Phi) is 3.88. The maximum absolute atomic E-state index is 14.0. The Morgan fingerprint density at radius 3 is 2.95 bits per heavy atom. The van der Waals surface area contributed by atoms with Crippen LogP contribution < -0.4 is 10.1 Å². The summed E-state index contributed by atoms with van der Waals surface area (Å²) >= 11 is 0. The number of ether oxygens (including phenoxy) is 1. The second kappa shape index (κ2) is 5.81. The molecule has 0 radical (unpaired) electrons. The Morgan fingerprint density at radius 1 is 1.43 bits per heavy atom. The summed E-state index contributed by atoms with van der Waals surface area (Å²) in [5.41, 5.74) is 0.502. The summed E-state index contributed by atoms with van der Waals surface area (Å²) in [6.45, 7) is 2.28. The van der Waals surface area contributed by atoms with Crippen LogP contribution in [0.2, 0.25) is 0 Å². The average molecular weight is 291 g/mol. The topological polar surface area (TPSA) is 60.2 Å². The van der Waals surface area contributed by atoms with Crippen molar-refractivity contribution in [3.63, 3.8) is 0 Å². The molecule has 1 N–H and O–H groups in total. The maximum atomic E-state index is 14.0. The van der Waals surface area contributed by atoms with Gasteiger partial charge in [-0.05, 0) is 31.9 Å². The van der Waals surface area contributed by atoms with Crippen LogP contribution in [0.5, 0.6) is 5.75 Å². The first kappa shape index (κ1) is 14.0. The molecule has 3 rings (SSSR count). The van der Waals surface area contributed by atoms with Crippen LogP contribution >= 0.6 is 0 Å². The molecule has 0 aliphatic heterocycles. The molecule has 6 heteroatoms. The molecule has 2 aromatic rings. The standard InChI is InChI=1S/C15H18FN3O2/c1-9(14-11(16)4-3-5-12(14)20-2)17-8-13-18-19-15(21-13)10-6-7-10/h3-5,9-10,17H,6-8H2,1-2H3/t9-/m1/s1. The zero-order chi connectivity index (χ0) is 14.8. The smallest absolute Gasteiger partial charge is 0.230 e. The lowest BCUT2D eigenvalue weighted by Crippen LogP contribution is -2.20. The van der Waals surface area contributed by atoms with E-state index in [1.165, 1.54) is 13.2 Å². The molecule has 1 aliphatic rings. The van der Waals surface area contributed by atoms with Gasteiger partial charge in [-0.1, -0.05) is 6.07 Å². The summed E-state index contributed by atoms with van der Waals surface area (Å²) < 4.78 is 24.7. The van der Waals surface area contributed by atoms with Crippen molar-refractivity contribution in [2.75, 3.05) is 7.11 Å². The van der Waals surface area contributed by atoms with E-state index < -0.39 is 0 Å². The highest BCUT2D eigenvalue weighted by atomic mass is 19.1. The Hall–Kier alpha value is -1.95. The van der Waals surface area contributed by atoms with E-state index in [-0.39, 0.29) is 11.9 Å². The van der Waals surface area contributed by atoms with Crippen LogP contribution in [0.1, 0.15) is 49.1 Å². The Morgan fingerprint density at radius 2 is 2.24 bits per heavy atom. The van der Waals surface area contributed by atoms with Gasteiger partial charge in [0.15, 0.2) is 0 Å². The minimum absolute atomic E-state index is 0.225. The third-order valence-electron chi connectivity index (χ3n) is 3.63. The van der Waals surface area contributed by atoms with Crippen molar-refractivity contribution < 1.29 is 13.5 Å². The fraction of sp³-hybridized carbons (Fsp3) is 0.467. The number of methoxy groups -OCH3 is 1. The van der Waals surface area contributed by atoms with E-state index in [1.807, 2.05) is 6.92 Å². The molecule has 112 valence electrons. The molecular weight excluding hydrogens is 273 g/mol. The SMILES string of the molecule is COc1cccc(F)c1[C@@H](C)NCc1nnc(C2CC2)o1. The second-order valence-electron chi connectivity index (χ2n) is 5.27. The number of rotatable bonds is 6. The lowest BCUT2D eigenvalue weighted by atomic mass is 10.1.